The molecule has 5 heteroatoms. The molecule has 2 aliphatic carbocycles. The van der Waals surface area contributed by atoms with Gasteiger partial charge >= 0.3 is 0 Å². The molecule has 0 aromatic heterocycles. The van der Waals surface area contributed by atoms with E-state index < -0.39 is 0 Å². The van der Waals surface area contributed by atoms with Crippen molar-refractivity contribution in [2.24, 2.45) is 0 Å². The lowest BCUT2D eigenvalue weighted by molar-refractivity contribution is 0.398. The number of nitrogens with one attached hydrogen (secondary N) is 2. The summed E-state index contributed by atoms with van der Waals surface area (Å²) in [5, 5.41) is 7.12. The normalized spacial score (nSPS) is 12.5. The number of nitrogens with two attached hydrogens (primary N) is 2. The summed E-state index contributed by atoms with van der Waals surface area (Å²) in [7, 11) is 0. The molecule has 13 rings (SSSR count). The number of benzene rings is 11. The van der Waals surface area contributed by atoms with Crippen molar-refractivity contribution in [3.63, 3.8) is 0 Å². The molecular weight excluding hydrogens is 1350 g/mol. The third-order valence-corrected chi connectivity index (χ3v) is 22.9. The molecule has 2 aliphatic rings. The summed E-state index contributed by atoms with van der Waals surface area (Å²) in [5.41, 5.74) is 39.9. The first-order valence-electron chi connectivity index (χ1n) is 40.5. The fraction of sp³-hybridized carbons (Fsp3) is 0.347. The van der Waals surface area contributed by atoms with Crippen molar-refractivity contribution in [3.8, 4) is 66.8 Å². The maximum Gasteiger partial charge on any atom is 0.0384 e. The van der Waals surface area contributed by atoms with Crippen molar-refractivity contribution < 1.29 is 0 Å². The molecule has 0 atom stereocenters. The molecule has 552 valence electrons. The Morgan fingerprint density at radius 2 is 0.472 bits per heavy atom. The lowest BCUT2D eigenvalue weighted by Gasteiger charge is -2.33. The number of nitrogen functional groups attached to an aromatic ring is 2. The van der Waals surface area contributed by atoms with Gasteiger partial charge in [-0.25, -0.2) is 0 Å². The highest BCUT2D eigenvalue weighted by Gasteiger charge is 2.44. The van der Waals surface area contributed by atoms with Crippen LogP contribution in [0.1, 0.15) is 237 Å². The molecular formula is C101H121BrN4. The SMILES string of the molecule is C.CCCCCCCCC1(CCCCCCCC)c2cc(-c3ccc(N)cc3)ccc2-c2ccc(-c3ccc(Br)cc3)cc21.CCCCCCCCC1(CCCCCCCC)c2cc(-c3ccc(Nc4ccccc4)cc3)ccc2-c2ccc(-c3ccc(Nc4ccccc4)cc3)cc21.Nc1ccccc1. The van der Waals surface area contributed by atoms with Gasteiger partial charge in [0.1, 0.15) is 0 Å². The van der Waals surface area contributed by atoms with Crippen molar-refractivity contribution in [2.45, 2.75) is 226 Å². The number of para-hydroxylation sites is 3. The highest BCUT2D eigenvalue weighted by atomic mass is 79.9. The summed E-state index contributed by atoms with van der Waals surface area (Å²) in [6.45, 7) is 9.25. The molecule has 11 aromatic carbocycles. The highest BCUT2D eigenvalue weighted by molar-refractivity contribution is 9.10. The van der Waals surface area contributed by atoms with E-state index >= 15 is 0 Å². The van der Waals surface area contributed by atoms with Gasteiger partial charge in [0.05, 0.1) is 0 Å². The van der Waals surface area contributed by atoms with Crippen LogP contribution >= 0.6 is 15.9 Å². The standard InChI is InChI=1S/C53H60N2.C41H50BrN.C6H7N.CH4/c1-3-5-7-9-11-19-37-53(38-20-12-10-8-6-4-2)51-39-43(41-25-31-47(32-26-41)54-45-21-15-13-16-22-45)29-35-49(51)50-36-30-44(40-52(50)53)42-27-33-48(34-28-42)55-46-23-17-14-18-24-46;1-3-5-7-9-11-13-27-41(28-14-12-10-8-6-4-2)39-29-33(31-15-21-35(42)22-16-31)19-25-37(39)38-26-20-34(30-40(38)41)32-17-23-36(43)24-18-32;7-6-4-2-1-3-5-6;/h13-18,21-36,39-40,54-55H,3-12,19-20,37-38H2,1-2H3;15-26,29-30H,3-14,27-28,43H2,1-2H3;1-5H,7H2;1H4. The first-order chi connectivity index (χ1) is 51.6. The van der Waals surface area contributed by atoms with E-state index in [-0.39, 0.29) is 18.3 Å². The molecule has 0 spiro atoms. The highest BCUT2D eigenvalue weighted by Crippen LogP contribution is 2.58. The van der Waals surface area contributed by atoms with E-state index in [1.165, 1.54) is 247 Å². The van der Waals surface area contributed by atoms with Gasteiger partial charge in [-0.15, -0.1) is 0 Å². The molecule has 6 N–H and O–H groups in total. The Hall–Kier alpha value is -8.90. The monoisotopic (exact) mass is 1470 g/mol. The Labute approximate surface area is 647 Å². The average Bonchev–Trinajstić information content (AvgIpc) is 1.57. The molecule has 0 aliphatic heterocycles. The van der Waals surface area contributed by atoms with Gasteiger partial charge in [-0.1, -0.05) is 357 Å². The fourth-order valence-corrected chi connectivity index (χ4v) is 16.8. The first kappa shape index (κ1) is 79.7. The van der Waals surface area contributed by atoms with Crippen LogP contribution in [0, 0.1) is 0 Å². The third kappa shape index (κ3) is 21.2. The van der Waals surface area contributed by atoms with E-state index in [9.17, 15) is 0 Å². The van der Waals surface area contributed by atoms with E-state index in [0.717, 1.165) is 38.6 Å². The lowest BCUT2D eigenvalue weighted by atomic mass is 9.70. The Kier molecular flexibility index (Phi) is 31.0. The molecule has 11 aromatic rings. The van der Waals surface area contributed by atoms with Gasteiger partial charge in [-0.3, -0.25) is 0 Å². The summed E-state index contributed by atoms with van der Waals surface area (Å²) >= 11 is 3.63. The molecule has 0 unspecified atom stereocenters. The zero-order valence-corrected chi connectivity index (χ0v) is 65.2. The van der Waals surface area contributed by atoms with Gasteiger partial charge in [-0.05, 0) is 224 Å². The predicted molar refractivity (Wildman–Crippen MR) is 468 cm³/mol. The molecule has 0 amide bonds. The van der Waals surface area contributed by atoms with Gasteiger partial charge in [-0.2, -0.15) is 0 Å². The number of hydrogen-bond donors (Lipinski definition) is 4. The minimum absolute atomic E-state index is 0. The van der Waals surface area contributed by atoms with Gasteiger partial charge in [0, 0.05) is 49.4 Å². The van der Waals surface area contributed by atoms with Gasteiger partial charge in [0.15, 0.2) is 0 Å². The maximum absolute atomic E-state index is 6.06. The summed E-state index contributed by atoms with van der Waals surface area (Å²) < 4.78 is 1.13. The van der Waals surface area contributed by atoms with Crippen molar-refractivity contribution >= 4 is 50.1 Å². The average molecular weight is 1470 g/mol. The summed E-state index contributed by atoms with van der Waals surface area (Å²) in [6, 6.07) is 94.9. The molecule has 106 heavy (non-hydrogen) atoms. The minimum atomic E-state index is 0. The van der Waals surface area contributed by atoms with E-state index in [2.05, 4.69) is 273 Å². The van der Waals surface area contributed by atoms with Crippen LogP contribution in [-0.2, 0) is 10.8 Å². The zero-order valence-electron chi connectivity index (χ0n) is 63.7. The van der Waals surface area contributed by atoms with Crippen molar-refractivity contribution in [1.82, 2.24) is 0 Å². The maximum atomic E-state index is 6.06. The van der Waals surface area contributed by atoms with Crippen molar-refractivity contribution in [1.29, 1.82) is 0 Å². The van der Waals surface area contributed by atoms with Gasteiger partial charge < -0.3 is 22.1 Å². The van der Waals surface area contributed by atoms with Crippen LogP contribution in [0.3, 0.4) is 0 Å². The van der Waals surface area contributed by atoms with Crippen LogP contribution < -0.4 is 22.1 Å². The third-order valence-electron chi connectivity index (χ3n) is 22.3. The summed E-state index contributed by atoms with van der Waals surface area (Å²) in [6.07, 6.45) is 36.7. The molecule has 0 fully saturated rings. The number of hydrogen-bond acceptors (Lipinski definition) is 4. The van der Waals surface area contributed by atoms with E-state index in [0.29, 0.717) is 0 Å². The molecule has 0 bridgehead atoms. The smallest absolute Gasteiger partial charge is 0.0384 e. The minimum Gasteiger partial charge on any atom is -0.399 e. The topological polar surface area (TPSA) is 76.1 Å². The number of fused-ring (bicyclic) bond motifs is 6. The molecule has 0 saturated heterocycles. The second-order valence-corrected chi connectivity index (χ2v) is 30.9. The lowest BCUT2D eigenvalue weighted by Crippen LogP contribution is -2.25. The van der Waals surface area contributed by atoms with E-state index in [1.54, 1.807) is 22.3 Å². The van der Waals surface area contributed by atoms with Gasteiger partial charge in [0.25, 0.3) is 0 Å². The van der Waals surface area contributed by atoms with Crippen LogP contribution in [0.2, 0.25) is 0 Å². The fourth-order valence-electron chi connectivity index (χ4n) is 16.5. The molecule has 4 nitrogen and oxygen atoms in total. The van der Waals surface area contributed by atoms with Crippen molar-refractivity contribution in [3.05, 3.63) is 288 Å². The van der Waals surface area contributed by atoms with Crippen LogP contribution in [0.4, 0.5) is 34.1 Å². The molecule has 0 saturated carbocycles. The predicted octanol–water partition coefficient (Wildman–Crippen LogP) is 31.3. The Morgan fingerprint density at radius 3 is 0.745 bits per heavy atom. The van der Waals surface area contributed by atoms with Crippen molar-refractivity contribution in [2.75, 3.05) is 22.1 Å². The number of rotatable bonds is 36. The number of halogens is 1. The van der Waals surface area contributed by atoms with Gasteiger partial charge in [0.2, 0.25) is 0 Å². The first-order valence-corrected chi connectivity index (χ1v) is 41.3. The molecule has 0 radical (unpaired) electrons. The van der Waals surface area contributed by atoms with Crippen LogP contribution in [-0.4, -0.2) is 0 Å². The zero-order chi connectivity index (χ0) is 72.9. The Morgan fingerprint density at radius 1 is 0.245 bits per heavy atom. The quantitative estimate of drug-likeness (QED) is 0.0233. The largest absolute Gasteiger partial charge is 0.399 e. The van der Waals surface area contributed by atoms with Crippen LogP contribution in [0.25, 0.3) is 66.8 Å². The van der Waals surface area contributed by atoms with Crippen LogP contribution in [0.15, 0.2) is 265 Å². The Bertz CT molecular complexity index is 4110. The number of anilines is 6. The Balaban J connectivity index is 0.000000210. The summed E-state index contributed by atoms with van der Waals surface area (Å²) in [5.74, 6) is 0. The van der Waals surface area contributed by atoms with E-state index in [4.69, 9.17) is 11.5 Å². The van der Waals surface area contributed by atoms with E-state index in [1.807, 2.05) is 42.5 Å². The second kappa shape index (κ2) is 41.3. The number of unbranched alkanes of at least 4 members (excludes halogenated alkanes) is 20. The van der Waals surface area contributed by atoms with Crippen LogP contribution in [0.5, 0.6) is 0 Å². The molecule has 0 heterocycles. The summed E-state index contributed by atoms with van der Waals surface area (Å²) in [4.78, 5) is 0. The second-order valence-electron chi connectivity index (χ2n) is 30.0.